The van der Waals surface area contributed by atoms with Gasteiger partial charge in [0.1, 0.15) is 0 Å². The van der Waals surface area contributed by atoms with Gasteiger partial charge in [-0.3, -0.25) is 9.88 Å². The minimum Gasteiger partial charge on any atom is -0.300 e. The second-order valence-corrected chi connectivity index (χ2v) is 8.08. The highest BCUT2D eigenvalue weighted by atomic mass is 19.3. The molecule has 3 rings (SSSR count). The van der Waals surface area contributed by atoms with Crippen molar-refractivity contribution in [1.82, 2.24) is 9.88 Å². The van der Waals surface area contributed by atoms with Gasteiger partial charge in [0.15, 0.2) is 0 Å². The van der Waals surface area contributed by atoms with Crippen LogP contribution in [0.3, 0.4) is 0 Å². The standard InChI is InChI=1S/C18H22F2N2.C6H14.C2H6/c1-12-8-14(5-6-21-12)16-10-13-4-3-7-22(2)15(9-13)11-17(16)18(19)20;1-3-5-6-4-2;1-2/h5-6,8,10-11,13,15,18H,3-4,7,9H2,1-2H3;3-6H2,1-2H3;1-2H3. The number of rotatable bonds is 5. The Balaban J connectivity index is 0.000000487. The summed E-state index contributed by atoms with van der Waals surface area (Å²) in [6, 6.07) is 3.84. The van der Waals surface area contributed by atoms with Gasteiger partial charge in [-0.1, -0.05) is 65.5 Å². The Bertz CT molecular complexity index is 663. The Hall–Kier alpha value is -1.55. The van der Waals surface area contributed by atoms with E-state index < -0.39 is 6.43 Å². The van der Waals surface area contributed by atoms with Crippen LogP contribution in [0.1, 0.15) is 83.9 Å². The summed E-state index contributed by atoms with van der Waals surface area (Å²) < 4.78 is 27.4. The average Bonchev–Trinajstić information content (AvgIpc) is 3.05. The number of nitrogens with zero attached hydrogens (tertiary/aromatic N) is 2. The molecular formula is C26H42F2N2. The van der Waals surface area contributed by atoms with E-state index in [0.717, 1.165) is 37.1 Å². The maximum absolute atomic E-state index is 13.7. The third-order valence-electron chi connectivity index (χ3n) is 5.68. The minimum absolute atomic E-state index is 0.105. The highest BCUT2D eigenvalue weighted by Crippen LogP contribution is 2.37. The number of alkyl halides is 2. The summed E-state index contributed by atoms with van der Waals surface area (Å²) >= 11 is 0. The van der Waals surface area contributed by atoms with Gasteiger partial charge in [0.05, 0.1) is 0 Å². The number of pyridine rings is 1. The predicted octanol–water partition coefficient (Wildman–Crippen LogP) is 7.69. The number of allylic oxidation sites excluding steroid dienone is 3. The van der Waals surface area contributed by atoms with Crippen LogP contribution in [0.15, 0.2) is 36.1 Å². The SMILES string of the molecule is CC.CCCCCC.Cc1cc(C2=CC3CCCN(C)C(C=C2C(F)F)C3)ccn1. The summed E-state index contributed by atoms with van der Waals surface area (Å²) in [7, 11) is 2.04. The third-order valence-corrected chi connectivity index (χ3v) is 5.68. The summed E-state index contributed by atoms with van der Waals surface area (Å²) in [6.45, 7) is 11.3. The minimum atomic E-state index is -2.45. The normalized spacial score (nSPS) is 21.2. The summed E-state index contributed by atoms with van der Waals surface area (Å²) in [5.41, 5.74) is 2.58. The number of hydrogen-bond acceptors (Lipinski definition) is 2. The van der Waals surface area contributed by atoms with Gasteiger partial charge in [-0.25, -0.2) is 8.78 Å². The predicted molar refractivity (Wildman–Crippen MR) is 126 cm³/mol. The molecule has 2 unspecified atom stereocenters. The van der Waals surface area contributed by atoms with E-state index >= 15 is 0 Å². The molecule has 0 saturated carbocycles. The Labute approximate surface area is 183 Å². The van der Waals surface area contributed by atoms with Gasteiger partial charge in [0.25, 0.3) is 6.43 Å². The first-order chi connectivity index (χ1) is 14.5. The molecule has 1 aliphatic carbocycles. The average molecular weight is 421 g/mol. The molecule has 0 aromatic carbocycles. The quantitative estimate of drug-likeness (QED) is 0.454. The number of unbranched alkanes of at least 4 members (excludes halogenated alkanes) is 3. The van der Waals surface area contributed by atoms with Crippen LogP contribution in [0.2, 0.25) is 0 Å². The fourth-order valence-electron chi connectivity index (χ4n) is 4.02. The van der Waals surface area contributed by atoms with Gasteiger partial charge < -0.3 is 0 Å². The Morgan fingerprint density at radius 3 is 2.37 bits per heavy atom. The van der Waals surface area contributed by atoms with E-state index in [1.807, 2.05) is 40.0 Å². The second-order valence-electron chi connectivity index (χ2n) is 8.08. The molecule has 2 bridgehead atoms. The Kier molecular flexibility index (Phi) is 12.8. The molecule has 30 heavy (non-hydrogen) atoms. The molecule has 2 atom stereocenters. The molecule has 1 aliphatic heterocycles. The van der Waals surface area contributed by atoms with Crippen molar-refractivity contribution in [2.45, 2.75) is 92.0 Å². The molecule has 4 heteroatoms. The maximum Gasteiger partial charge on any atom is 0.264 e. The van der Waals surface area contributed by atoms with E-state index in [-0.39, 0.29) is 11.6 Å². The molecular weight excluding hydrogens is 378 g/mol. The van der Waals surface area contributed by atoms with Crippen molar-refractivity contribution in [3.05, 3.63) is 47.3 Å². The molecule has 2 heterocycles. The van der Waals surface area contributed by atoms with E-state index in [4.69, 9.17) is 0 Å². The van der Waals surface area contributed by atoms with Crippen LogP contribution in [0.4, 0.5) is 8.78 Å². The number of hydrogen-bond donors (Lipinski definition) is 0. The van der Waals surface area contributed by atoms with Crippen molar-refractivity contribution in [2.24, 2.45) is 5.92 Å². The number of aryl methyl sites for hydroxylation is 1. The molecule has 0 N–H and O–H groups in total. The van der Waals surface area contributed by atoms with Crippen molar-refractivity contribution in [3.8, 4) is 0 Å². The number of fused-ring (bicyclic) bond motifs is 2. The lowest BCUT2D eigenvalue weighted by Gasteiger charge is -2.23. The number of halogens is 2. The smallest absolute Gasteiger partial charge is 0.264 e. The van der Waals surface area contributed by atoms with E-state index in [1.54, 1.807) is 12.3 Å². The van der Waals surface area contributed by atoms with Crippen LogP contribution in [0.25, 0.3) is 5.57 Å². The Morgan fingerprint density at radius 1 is 1.13 bits per heavy atom. The molecule has 1 aromatic heterocycles. The van der Waals surface area contributed by atoms with Crippen molar-refractivity contribution in [3.63, 3.8) is 0 Å². The van der Waals surface area contributed by atoms with Gasteiger partial charge in [-0.15, -0.1) is 0 Å². The third kappa shape index (κ3) is 8.29. The Morgan fingerprint density at radius 2 is 1.80 bits per heavy atom. The summed E-state index contributed by atoms with van der Waals surface area (Å²) in [5, 5.41) is 0. The molecule has 0 amide bonds. The maximum atomic E-state index is 13.7. The molecule has 0 radical (unpaired) electrons. The van der Waals surface area contributed by atoms with Gasteiger partial charge in [-0.05, 0) is 69.0 Å². The molecule has 1 saturated heterocycles. The molecule has 2 nitrogen and oxygen atoms in total. The summed E-state index contributed by atoms with van der Waals surface area (Å²) in [5.74, 6) is 0.367. The lowest BCUT2D eigenvalue weighted by molar-refractivity contribution is 0.192. The molecule has 0 spiro atoms. The van der Waals surface area contributed by atoms with E-state index in [2.05, 4.69) is 29.8 Å². The lowest BCUT2D eigenvalue weighted by atomic mass is 9.93. The first kappa shape index (κ1) is 26.5. The van der Waals surface area contributed by atoms with Crippen LogP contribution in [0, 0.1) is 12.8 Å². The number of likely N-dealkylation sites (tertiary alicyclic amines) is 1. The van der Waals surface area contributed by atoms with Gasteiger partial charge in [-0.2, -0.15) is 0 Å². The van der Waals surface area contributed by atoms with Crippen molar-refractivity contribution in [1.29, 1.82) is 0 Å². The van der Waals surface area contributed by atoms with Crippen LogP contribution in [-0.4, -0.2) is 35.9 Å². The first-order valence-electron chi connectivity index (χ1n) is 11.8. The fraction of sp³-hybridized carbons (Fsp3) is 0.654. The van der Waals surface area contributed by atoms with E-state index in [0.29, 0.717) is 11.5 Å². The van der Waals surface area contributed by atoms with E-state index in [9.17, 15) is 8.78 Å². The summed E-state index contributed by atoms with van der Waals surface area (Å²) in [4.78, 5) is 6.38. The second kappa shape index (κ2) is 14.5. The molecule has 1 fully saturated rings. The molecule has 1 aromatic rings. The van der Waals surface area contributed by atoms with Gasteiger partial charge in [0, 0.05) is 23.5 Å². The van der Waals surface area contributed by atoms with Crippen molar-refractivity contribution in [2.75, 3.05) is 13.6 Å². The van der Waals surface area contributed by atoms with Gasteiger partial charge in [0.2, 0.25) is 0 Å². The zero-order valence-electron chi connectivity index (χ0n) is 19.9. The topological polar surface area (TPSA) is 16.1 Å². The van der Waals surface area contributed by atoms with Crippen LogP contribution in [0.5, 0.6) is 0 Å². The zero-order chi connectivity index (χ0) is 22.5. The van der Waals surface area contributed by atoms with Crippen LogP contribution < -0.4 is 0 Å². The first-order valence-corrected chi connectivity index (χ1v) is 11.8. The van der Waals surface area contributed by atoms with Crippen molar-refractivity contribution < 1.29 is 8.78 Å². The summed E-state index contributed by atoms with van der Waals surface area (Å²) in [6.07, 6.45) is 11.8. The lowest BCUT2D eigenvalue weighted by Crippen LogP contribution is -2.30. The van der Waals surface area contributed by atoms with Crippen LogP contribution >= 0.6 is 0 Å². The van der Waals surface area contributed by atoms with Crippen LogP contribution in [-0.2, 0) is 0 Å². The zero-order valence-corrected chi connectivity index (χ0v) is 19.9. The number of likely N-dealkylation sites (N-methyl/N-ethyl adjacent to an activating group) is 1. The van der Waals surface area contributed by atoms with Gasteiger partial charge >= 0.3 is 0 Å². The highest BCUT2D eigenvalue weighted by molar-refractivity contribution is 5.80. The largest absolute Gasteiger partial charge is 0.300 e. The fourth-order valence-corrected chi connectivity index (χ4v) is 4.02. The van der Waals surface area contributed by atoms with Crippen molar-refractivity contribution >= 4 is 5.57 Å². The molecule has 2 aliphatic rings. The van der Waals surface area contributed by atoms with E-state index in [1.165, 1.54) is 25.7 Å². The molecule has 170 valence electrons. The monoisotopic (exact) mass is 420 g/mol. The highest BCUT2D eigenvalue weighted by Gasteiger charge is 2.29. The number of aromatic nitrogens is 1.